The molecular formula is C19H26O3. The minimum atomic E-state index is -0.439. The molecule has 3 nitrogen and oxygen atoms in total. The van der Waals surface area contributed by atoms with Crippen LogP contribution in [0, 0.1) is 18.8 Å². The fourth-order valence-corrected chi connectivity index (χ4v) is 2.93. The van der Waals surface area contributed by atoms with Crippen molar-refractivity contribution in [3.63, 3.8) is 0 Å². The fraction of sp³-hybridized carbons (Fsp3) is 0.579. The van der Waals surface area contributed by atoms with E-state index in [9.17, 15) is 9.59 Å². The van der Waals surface area contributed by atoms with Gasteiger partial charge < -0.3 is 4.74 Å². The van der Waals surface area contributed by atoms with Crippen LogP contribution in [-0.4, -0.2) is 17.4 Å². The van der Waals surface area contributed by atoms with Crippen molar-refractivity contribution in [2.45, 2.75) is 59.0 Å². The Morgan fingerprint density at radius 2 is 1.45 bits per heavy atom. The summed E-state index contributed by atoms with van der Waals surface area (Å²) in [5, 5.41) is 0. The summed E-state index contributed by atoms with van der Waals surface area (Å²) in [5.41, 5.74) is 1.50. The van der Waals surface area contributed by atoms with Crippen molar-refractivity contribution >= 4 is 11.8 Å². The van der Waals surface area contributed by atoms with Gasteiger partial charge in [-0.25, -0.2) is 0 Å². The van der Waals surface area contributed by atoms with Gasteiger partial charge in [0.25, 0.3) is 0 Å². The normalized spacial score (nSPS) is 22.2. The number of hydrogen-bond acceptors (Lipinski definition) is 3. The van der Waals surface area contributed by atoms with Crippen LogP contribution in [0.25, 0.3) is 0 Å². The van der Waals surface area contributed by atoms with Gasteiger partial charge in [0.2, 0.25) is 0 Å². The number of aryl methyl sites for hydroxylation is 1. The molecule has 0 aromatic heterocycles. The highest BCUT2D eigenvalue weighted by molar-refractivity contribution is 5.98. The van der Waals surface area contributed by atoms with E-state index < -0.39 is 5.60 Å². The van der Waals surface area contributed by atoms with Crippen LogP contribution in [-0.2, 0) is 9.53 Å². The molecule has 2 rings (SSSR count). The topological polar surface area (TPSA) is 43.4 Å². The number of benzene rings is 1. The highest BCUT2D eigenvalue weighted by Gasteiger charge is 2.32. The maximum absolute atomic E-state index is 12.5. The van der Waals surface area contributed by atoms with Crippen molar-refractivity contribution in [1.29, 1.82) is 0 Å². The van der Waals surface area contributed by atoms with Crippen molar-refractivity contribution in [2.75, 3.05) is 0 Å². The molecule has 1 aromatic carbocycles. The van der Waals surface area contributed by atoms with Gasteiger partial charge in [-0.3, -0.25) is 9.59 Å². The lowest BCUT2D eigenvalue weighted by Gasteiger charge is -2.29. The second-order valence-corrected chi connectivity index (χ2v) is 7.31. The summed E-state index contributed by atoms with van der Waals surface area (Å²) in [7, 11) is 0. The van der Waals surface area contributed by atoms with Crippen LogP contribution < -0.4 is 0 Å². The Morgan fingerprint density at radius 3 is 1.95 bits per heavy atom. The van der Waals surface area contributed by atoms with E-state index in [1.54, 1.807) is 0 Å². The fourth-order valence-electron chi connectivity index (χ4n) is 2.93. The predicted molar refractivity (Wildman–Crippen MR) is 86.8 cm³/mol. The van der Waals surface area contributed by atoms with Gasteiger partial charge in [-0.15, -0.1) is 0 Å². The lowest BCUT2D eigenvalue weighted by molar-refractivity contribution is -0.161. The minimum absolute atomic E-state index is 0.0430. The summed E-state index contributed by atoms with van der Waals surface area (Å²) in [6, 6.07) is 7.74. The van der Waals surface area contributed by atoms with Crippen LogP contribution in [0.5, 0.6) is 0 Å². The summed E-state index contributed by atoms with van der Waals surface area (Å²) >= 11 is 0. The molecule has 120 valence electrons. The smallest absolute Gasteiger partial charge is 0.309 e. The third-order valence-electron chi connectivity index (χ3n) is 4.17. The Kier molecular flexibility index (Phi) is 5.05. The molecule has 22 heavy (non-hydrogen) atoms. The molecule has 0 spiro atoms. The molecule has 0 amide bonds. The molecule has 0 heterocycles. The second kappa shape index (κ2) is 6.64. The van der Waals surface area contributed by atoms with Gasteiger partial charge in [-0.05, 0) is 53.4 Å². The van der Waals surface area contributed by atoms with Gasteiger partial charge in [0.15, 0.2) is 5.78 Å². The van der Waals surface area contributed by atoms with Crippen LogP contribution >= 0.6 is 0 Å². The maximum atomic E-state index is 12.5. The first-order valence-corrected chi connectivity index (χ1v) is 8.10. The van der Waals surface area contributed by atoms with E-state index in [4.69, 9.17) is 4.74 Å². The molecule has 0 aliphatic heterocycles. The Hall–Kier alpha value is -1.64. The highest BCUT2D eigenvalue weighted by atomic mass is 16.6. The van der Waals surface area contributed by atoms with Crippen LogP contribution in [0.2, 0.25) is 0 Å². The van der Waals surface area contributed by atoms with Crippen LogP contribution in [0.1, 0.15) is 62.4 Å². The molecule has 0 radical (unpaired) electrons. The van der Waals surface area contributed by atoms with Crippen LogP contribution in [0.4, 0.5) is 0 Å². The molecule has 1 aliphatic carbocycles. The second-order valence-electron chi connectivity index (χ2n) is 7.31. The zero-order valence-corrected chi connectivity index (χ0v) is 14.0. The van der Waals surface area contributed by atoms with E-state index in [2.05, 4.69) is 0 Å². The highest BCUT2D eigenvalue weighted by Crippen LogP contribution is 2.32. The summed E-state index contributed by atoms with van der Waals surface area (Å²) in [4.78, 5) is 24.6. The van der Waals surface area contributed by atoms with E-state index in [0.29, 0.717) is 0 Å². The van der Waals surface area contributed by atoms with Gasteiger partial charge in [0.05, 0.1) is 5.92 Å². The Labute approximate surface area is 133 Å². The first-order chi connectivity index (χ1) is 10.3. The van der Waals surface area contributed by atoms with Gasteiger partial charge in [-0.1, -0.05) is 29.8 Å². The monoisotopic (exact) mass is 302 g/mol. The van der Waals surface area contributed by atoms with E-state index in [-0.39, 0.29) is 23.6 Å². The molecule has 1 fully saturated rings. The standard InChI is InChI=1S/C19H26O3/c1-13-5-7-14(8-6-13)17(20)15-9-11-16(12-10-15)18(21)22-19(2,3)4/h5-8,15-16H,9-12H2,1-4H3. The number of carbonyl (C=O) groups excluding carboxylic acids is 2. The average molecular weight is 302 g/mol. The number of rotatable bonds is 3. The lowest BCUT2D eigenvalue weighted by atomic mass is 9.78. The molecule has 0 N–H and O–H groups in total. The first kappa shape index (κ1) is 16.7. The van der Waals surface area contributed by atoms with Gasteiger partial charge >= 0.3 is 5.97 Å². The van der Waals surface area contributed by atoms with Crippen molar-refractivity contribution in [3.05, 3.63) is 35.4 Å². The summed E-state index contributed by atoms with van der Waals surface area (Å²) in [5.74, 6) is 0.0825. The van der Waals surface area contributed by atoms with Crippen LogP contribution in [0.15, 0.2) is 24.3 Å². The zero-order chi connectivity index (χ0) is 16.3. The van der Waals surface area contributed by atoms with Gasteiger partial charge in [-0.2, -0.15) is 0 Å². The van der Waals surface area contributed by atoms with Crippen molar-refractivity contribution in [3.8, 4) is 0 Å². The van der Waals surface area contributed by atoms with Crippen molar-refractivity contribution in [2.24, 2.45) is 11.8 Å². The minimum Gasteiger partial charge on any atom is -0.460 e. The summed E-state index contributed by atoms with van der Waals surface area (Å²) < 4.78 is 5.45. The third kappa shape index (κ3) is 4.43. The predicted octanol–water partition coefficient (Wildman–Crippen LogP) is 4.33. The van der Waals surface area contributed by atoms with Gasteiger partial charge in [0.1, 0.15) is 5.60 Å². The molecule has 1 aliphatic rings. The lowest BCUT2D eigenvalue weighted by Crippen LogP contribution is -2.32. The number of esters is 1. The largest absolute Gasteiger partial charge is 0.460 e. The number of ether oxygens (including phenoxy) is 1. The number of ketones is 1. The summed E-state index contributed by atoms with van der Waals surface area (Å²) in [6.07, 6.45) is 3.04. The molecule has 0 saturated heterocycles. The Balaban J connectivity index is 1.90. The Bertz CT molecular complexity index is 529. The molecule has 1 aromatic rings. The number of Topliss-reactive ketones (excluding diaryl/α,β-unsaturated/α-hetero) is 1. The first-order valence-electron chi connectivity index (χ1n) is 8.10. The quantitative estimate of drug-likeness (QED) is 0.616. The molecule has 1 saturated carbocycles. The molecular weight excluding hydrogens is 276 g/mol. The molecule has 0 bridgehead atoms. The van der Waals surface area contributed by atoms with Crippen LogP contribution in [0.3, 0.4) is 0 Å². The SMILES string of the molecule is Cc1ccc(C(=O)C2CCC(C(=O)OC(C)(C)C)CC2)cc1. The molecule has 0 atom stereocenters. The van der Waals surface area contributed by atoms with Gasteiger partial charge in [0, 0.05) is 11.5 Å². The Morgan fingerprint density at radius 1 is 0.955 bits per heavy atom. The van der Waals surface area contributed by atoms with Crippen molar-refractivity contribution < 1.29 is 14.3 Å². The number of hydrogen-bond donors (Lipinski definition) is 0. The third-order valence-corrected chi connectivity index (χ3v) is 4.17. The van der Waals surface area contributed by atoms with E-state index in [0.717, 1.165) is 36.8 Å². The summed E-state index contributed by atoms with van der Waals surface area (Å²) in [6.45, 7) is 7.67. The van der Waals surface area contributed by atoms with E-state index in [1.807, 2.05) is 52.0 Å². The zero-order valence-electron chi connectivity index (χ0n) is 14.0. The van der Waals surface area contributed by atoms with E-state index in [1.165, 1.54) is 0 Å². The maximum Gasteiger partial charge on any atom is 0.309 e. The number of carbonyl (C=O) groups is 2. The molecule has 0 unspecified atom stereocenters. The molecule has 3 heteroatoms. The van der Waals surface area contributed by atoms with Crippen molar-refractivity contribution in [1.82, 2.24) is 0 Å². The van der Waals surface area contributed by atoms with E-state index >= 15 is 0 Å². The average Bonchev–Trinajstić information content (AvgIpc) is 2.46.